The van der Waals surface area contributed by atoms with E-state index in [1.165, 1.54) is 28.8 Å². The molecule has 36 heavy (non-hydrogen) atoms. The number of rotatable bonds is 9. The van der Waals surface area contributed by atoms with Gasteiger partial charge >= 0.3 is 0 Å². The Labute approximate surface area is 208 Å². The quantitative estimate of drug-likeness (QED) is 0.470. The van der Waals surface area contributed by atoms with Crippen LogP contribution in [0.1, 0.15) is 47.6 Å². The number of halogens is 1. The van der Waals surface area contributed by atoms with Crippen molar-refractivity contribution in [2.75, 3.05) is 33.9 Å². The lowest BCUT2D eigenvalue weighted by Gasteiger charge is -2.37. The van der Waals surface area contributed by atoms with E-state index < -0.39 is 22.8 Å². The highest BCUT2D eigenvalue weighted by Crippen LogP contribution is 2.42. The van der Waals surface area contributed by atoms with Crippen LogP contribution in [0.25, 0.3) is 0 Å². The van der Waals surface area contributed by atoms with Gasteiger partial charge in [0.25, 0.3) is 11.5 Å². The van der Waals surface area contributed by atoms with Crippen molar-refractivity contribution in [2.24, 2.45) is 5.92 Å². The number of amides is 2. The zero-order valence-corrected chi connectivity index (χ0v) is 20.6. The number of fused-ring (bicyclic) bond motifs is 2. The predicted molar refractivity (Wildman–Crippen MR) is 129 cm³/mol. The molecule has 3 N–H and O–H groups in total. The molecule has 2 amide bonds. The van der Waals surface area contributed by atoms with E-state index in [9.17, 15) is 23.9 Å². The summed E-state index contributed by atoms with van der Waals surface area (Å²) >= 11 is 0. The fraction of sp³-hybridized carbons (Fsp3) is 0.520. The average molecular weight is 502 g/mol. The monoisotopic (exact) mass is 501 g/mol. The number of likely N-dealkylation sites (N-methyl/N-ethyl adjacent to an activating group) is 1. The zero-order chi connectivity index (χ0) is 25.9. The van der Waals surface area contributed by atoms with E-state index in [0.29, 0.717) is 43.9 Å². The molecule has 0 unspecified atom stereocenters. The Morgan fingerprint density at radius 3 is 2.64 bits per heavy atom. The summed E-state index contributed by atoms with van der Waals surface area (Å²) in [7, 11) is 3.27. The minimum absolute atomic E-state index is 0.0354. The highest BCUT2D eigenvalue weighted by atomic mass is 19.1. The first-order valence-electron chi connectivity index (χ1n) is 12.1. The summed E-state index contributed by atoms with van der Waals surface area (Å²) in [6.07, 6.45) is 2.97. The van der Waals surface area contributed by atoms with Gasteiger partial charge in [0.05, 0.1) is 18.7 Å². The molecule has 1 saturated carbocycles. The smallest absolute Gasteiger partial charge is 0.296 e. The number of nitrogens with zero attached hydrogens (tertiary/aromatic N) is 3. The number of carbonyl (C=O) groups excluding carboxylic acids is 2. The van der Waals surface area contributed by atoms with Gasteiger partial charge in [-0.2, -0.15) is 0 Å². The number of benzene rings is 1. The predicted octanol–water partition coefficient (Wildman–Crippen LogP) is 1.11. The van der Waals surface area contributed by atoms with E-state index in [2.05, 4.69) is 15.6 Å². The molecule has 2 aliphatic heterocycles. The second kappa shape index (κ2) is 10.8. The highest BCUT2D eigenvalue weighted by Gasteiger charge is 2.45. The molecule has 0 radical (unpaired) electrons. The first-order valence-corrected chi connectivity index (χ1v) is 12.1. The molecular formula is C25H32FN5O5. The molecule has 0 saturated heterocycles. The zero-order valence-electron chi connectivity index (χ0n) is 20.6. The van der Waals surface area contributed by atoms with Crippen LogP contribution < -0.4 is 16.2 Å². The molecule has 194 valence electrons. The van der Waals surface area contributed by atoms with Gasteiger partial charge in [-0.3, -0.25) is 24.3 Å². The van der Waals surface area contributed by atoms with Crippen LogP contribution in [-0.2, 0) is 28.2 Å². The molecule has 1 aromatic carbocycles. The molecule has 10 nitrogen and oxygen atoms in total. The summed E-state index contributed by atoms with van der Waals surface area (Å²) in [5, 5.41) is 16.6. The van der Waals surface area contributed by atoms with Gasteiger partial charge in [0.15, 0.2) is 5.69 Å². The van der Waals surface area contributed by atoms with E-state index in [1.54, 1.807) is 19.1 Å². The van der Waals surface area contributed by atoms with E-state index in [4.69, 9.17) is 4.74 Å². The Hall–Kier alpha value is -3.31. The van der Waals surface area contributed by atoms with Crippen LogP contribution >= 0.6 is 0 Å². The van der Waals surface area contributed by atoms with Crippen LogP contribution in [-0.4, -0.2) is 65.2 Å². The van der Waals surface area contributed by atoms with Gasteiger partial charge in [-0.05, 0) is 49.3 Å². The summed E-state index contributed by atoms with van der Waals surface area (Å²) in [5.41, 5.74) is -1.15. The van der Waals surface area contributed by atoms with E-state index in [-0.39, 0.29) is 36.4 Å². The lowest BCUT2D eigenvalue weighted by molar-refractivity contribution is -0.130. The number of ether oxygens (including phenoxy) is 1. The molecule has 0 spiro atoms. The average Bonchev–Trinajstić information content (AvgIpc) is 3.14. The largest absolute Gasteiger partial charge is 0.501 e. The van der Waals surface area contributed by atoms with Crippen LogP contribution in [0.4, 0.5) is 4.39 Å². The van der Waals surface area contributed by atoms with Crippen molar-refractivity contribution < 1.29 is 23.8 Å². The third kappa shape index (κ3) is 5.26. The molecule has 11 heteroatoms. The lowest BCUT2D eigenvalue weighted by Crippen LogP contribution is -2.51. The summed E-state index contributed by atoms with van der Waals surface area (Å²) in [5.74, 6) is -1.32. The van der Waals surface area contributed by atoms with Gasteiger partial charge in [0.1, 0.15) is 11.6 Å². The van der Waals surface area contributed by atoms with E-state index in [1.807, 2.05) is 0 Å². The molecule has 1 aromatic heterocycles. The fourth-order valence-corrected chi connectivity index (χ4v) is 4.93. The summed E-state index contributed by atoms with van der Waals surface area (Å²) in [6.45, 7) is 1.38. The number of hydrogen-bond donors (Lipinski definition) is 3. The van der Waals surface area contributed by atoms with Gasteiger partial charge in [-0.25, -0.2) is 9.37 Å². The Morgan fingerprint density at radius 2 is 1.97 bits per heavy atom. The molecular weight excluding hydrogens is 469 g/mol. The van der Waals surface area contributed by atoms with Crippen molar-refractivity contribution >= 4 is 11.8 Å². The minimum atomic E-state index is -0.774. The van der Waals surface area contributed by atoms with E-state index >= 15 is 0 Å². The molecule has 3 heterocycles. The Balaban J connectivity index is 1.60. The molecule has 2 bridgehead atoms. The van der Waals surface area contributed by atoms with Gasteiger partial charge in [0.2, 0.25) is 11.7 Å². The molecule has 0 atom stereocenters. The van der Waals surface area contributed by atoms with Crippen molar-refractivity contribution in [2.45, 2.75) is 44.3 Å². The highest BCUT2D eigenvalue weighted by molar-refractivity contribution is 5.94. The Kier molecular flexibility index (Phi) is 7.70. The molecule has 5 rings (SSSR count). The second-order valence-electron chi connectivity index (χ2n) is 9.54. The first-order chi connectivity index (χ1) is 17.2. The van der Waals surface area contributed by atoms with Crippen LogP contribution in [0.3, 0.4) is 0 Å². The van der Waals surface area contributed by atoms with Crippen molar-refractivity contribution in [3.05, 3.63) is 57.5 Å². The van der Waals surface area contributed by atoms with Crippen LogP contribution in [0.2, 0.25) is 0 Å². The van der Waals surface area contributed by atoms with Gasteiger partial charge in [-0.1, -0.05) is 12.1 Å². The van der Waals surface area contributed by atoms with Crippen LogP contribution in [0.15, 0.2) is 29.1 Å². The Morgan fingerprint density at radius 1 is 1.28 bits per heavy atom. The Bertz CT molecular complexity index is 1170. The lowest BCUT2D eigenvalue weighted by atomic mass is 9.77. The maximum atomic E-state index is 13.2. The van der Waals surface area contributed by atoms with Gasteiger partial charge < -0.3 is 20.1 Å². The van der Waals surface area contributed by atoms with E-state index in [0.717, 1.165) is 12.8 Å². The summed E-state index contributed by atoms with van der Waals surface area (Å²) in [6, 6.07) is 5.64. The number of aromatic hydroxyl groups is 1. The second-order valence-corrected chi connectivity index (χ2v) is 9.54. The third-order valence-electron chi connectivity index (χ3n) is 7.19. The van der Waals surface area contributed by atoms with Crippen molar-refractivity contribution in [3.63, 3.8) is 0 Å². The van der Waals surface area contributed by atoms with Crippen LogP contribution in [0.5, 0.6) is 5.75 Å². The number of nitrogens with one attached hydrogen (secondary N) is 2. The minimum Gasteiger partial charge on any atom is -0.501 e. The topological polar surface area (TPSA) is 126 Å². The maximum absolute atomic E-state index is 13.2. The van der Waals surface area contributed by atoms with Crippen LogP contribution in [0, 0.1) is 11.7 Å². The van der Waals surface area contributed by atoms with Crippen molar-refractivity contribution in [3.8, 4) is 5.75 Å². The van der Waals surface area contributed by atoms with Crippen molar-refractivity contribution in [1.82, 2.24) is 25.1 Å². The number of methoxy groups -OCH3 is 1. The van der Waals surface area contributed by atoms with Crippen molar-refractivity contribution in [1.29, 1.82) is 0 Å². The number of carbonyl (C=O) groups is 2. The number of hydrogen-bond acceptors (Lipinski definition) is 7. The van der Waals surface area contributed by atoms with Gasteiger partial charge in [-0.15, -0.1) is 0 Å². The molecule has 2 aromatic rings. The fourth-order valence-electron chi connectivity index (χ4n) is 4.93. The van der Waals surface area contributed by atoms with Gasteiger partial charge in [0, 0.05) is 33.8 Å². The SMILES string of the molecule is COCCN(C)C(=O)CNC12CCC(CC1)Cn1c2nc(C(=O)NCc2ccc(F)cc2)c(O)c1=O. The standard InChI is InChI=1S/C25H32FN5O5/c1-30(11-12-36-2)19(32)14-28-25-9-7-17(8-10-25)15-31-23(35)21(33)20(29-24(25)31)22(34)27-13-16-3-5-18(26)6-4-16/h3-6,17,28,33H,7-15H2,1-2H3,(H,27,34). The maximum Gasteiger partial charge on any atom is 0.296 e. The first kappa shape index (κ1) is 25.8. The summed E-state index contributed by atoms with van der Waals surface area (Å²) in [4.78, 5) is 44.9. The normalized spacial score (nSPS) is 20.5. The number of aromatic nitrogens is 2. The summed E-state index contributed by atoms with van der Waals surface area (Å²) < 4.78 is 19.6. The molecule has 3 aliphatic rings. The molecule has 1 aliphatic carbocycles. The third-order valence-corrected chi connectivity index (χ3v) is 7.19. The molecule has 1 fully saturated rings.